The first-order valence-corrected chi connectivity index (χ1v) is 6.02. The van der Waals surface area contributed by atoms with Crippen molar-refractivity contribution in [3.63, 3.8) is 0 Å². The molecule has 2 rings (SSSR count). The van der Waals surface area contributed by atoms with Gasteiger partial charge in [0.2, 0.25) is 11.9 Å². The minimum absolute atomic E-state index is 0.0227. The van der Waals surface area contributed by atoms with Gasteiger partial charge in [-0.05, 0) is 18.2 Å². The zero-order valence-electron chi connectivity index (χ0n) is 9.67. The molecule has 0 saturated carbocycles. The maximum atomic E-state index is 11.8. The van der Waals surface area contributed by atoms with Crippen LogP contribution in [0.3, 0.4) is 0 Å². The van der Waals surface area contributed by atoms with E-state index in [0.29, 0.717) is 11.3 Å². The molecule has 1 amide bonds. The molecule has 0 saturated heterocycles. The molecule has 0 bridgehead atoms. The Kier molecular flexibility index (Phi) is 3.77. The van der Waals surface area contributed by atoms with Gasteiger partial charge in [-0.25, -0.2) is 9.67 Å². The Labute approximate surface area is 117 Å². The number of nitrogen functional groups attached to an aromatic ring is 1. The molecule has 3 N–H and O–H groups in total. The van der Waals surface area contributed by atoms with Gasteiger partial charge in [0.25, 0.3) is 0 Å². The SMILES string of the molecule is N#Cc1cc(Br)ccc1NC(=O)Cn1cnc(N)n1. The van der Waals surface area contributed by atoms with Crippen molar-refractivity contribution in [2.75, 3.05) is 11.1 Å². The van der Waals surface area contributed by atoms with Crippen LogP contribution in [0.1, 0.15) is 5.56 Å². The summed E-state index contributed by atoms with van der Waals surface area (Å²) in [5, 5.41) is 15.4. The lowest BCUT2D eigenvalue weighted by Crippen LogP contribution is -2.19. The van der Waals surface area contributed by atoms with E-state index in [0.717, 1.165) is 4.47 Å². The molecule has 0 aliphatic carbocycles. The Morgan fingerprint density at radius 3 is 3.00 bits per heavy atom. The second-order valence-corrected chi connectivity index (χ2v) is 4.57. The molecule has 0 fully saturated rings. The number of carbonyl (C=O) groups is 1. The Morgan fingerprint density at radius 1 is 1.58 bits per heavy atom. The lowest BCUT2D eigenvalue weighted by molar-refractivity contribution is -0.116. The number of anilines is 2. The number of rotatable bonds is 3. The molecule has 1 heterocycles. The van der Waals surface area contributed by atoms with Crippen molar-refractivity contribution in [3.8, 4) is 6.07 Å². The fourth-order valence-corrected chi connectivity index (χ4v) is 1.80. The number of nitrogens with one attached hydrogen (secondary N) is 1. The van der Waals surface area contributed by atoms with Crippen LogP contribution in [0.25, 0.3) is 0 Å². The smallest absolute Gasteiger partial charge is 0.246 e. The highest BCUT2D eigenvalue weighted by molar-refractivity contribution is 9.10. The van der Waals surface area contributed by atoms with E-state index in [1.165, 1.54) is 11.0 Å². The topological polar surface area (TPSA) is 110 Å². The second-order valence-electron chi connectivity index (χ2n) is 3.65. The molecule has 8 heteroatoms. The van der Waals surface area contributed by atoms with E-state index < -0.39 is 0 Å². The van der Waals surface area contributed by atoms with Gasteiger partial charge >= 0.3 is 0 Å². The van der Waals surface area contributed by atoms with Gasteiger partial charge in [0.05, 0.1) is 11.3 Å². The molecule has 1 aromatic heterocycles. The van der Waals surface area contributed by atoms with Gasteiger partial charge in [-0.1, -0.05) is 15.9 Å². The van der Waals surface area contributed by atoms with Gasteiger partial charge in [-0.2, -0.15) is 5.26 Å². The second kappa shape index (κ2) is 5.49. The van der Waals surface area contributed by atoms with Crippen molar-refractivity contribution in [2.24, 2.45) is 0 Å². The third-order valence-electron chi connectivity index (χ3n) is 2.24. The molecule has 0 atom stereocenters. The van der Waals surface area contributed by atoms with Crippen LogP contribution >= 0.6 is 15.9 Å². The van der Waals surface area contributed by atoms with Crippen molar-refractivity contribution >= 4 is 33.5 Å². The standard InChI is InChI=1S/C11H9BrN6O/c12-8-1-2-9(7(3-8)4-13)16-10(19)5-18-6-15-11(14)17-18/h1-3,6H,5H2,(H2,14,17)(H,16,19). The minimum atomic E-state index is -0.316. The Balaban J connectivity index is 2.09. The van der Waals surface area contributed by atoms with Crippen LogP contribution in [0, 0.1) is 11.3 Å². The van der Waals surface area contributed by atoms with Crippen LogP contribution in [0.4, 0.5) is 11.6 Å². The van der Waals surface area contributed by atoms with Gasteiger partial charge in [-0.15, -0.1) is 5.10 Å². The summed E-state index contributed by atoms with van der Waals surface area (Å²) in [6, 6.07) is 7.03. The van der Waals surface area contributed by atoms with Crippen molar-refractivity contribution in [3.05, 3.63) is 34.6 Å². The van der Waals surface area contributed by atoms with Crippen LogP contribution in [-0.4, -0.2) is 20.7 Å². The van der Waals surface area contributed by atoms with Gasteiger partial charge in [0, 0.05) is 4.47 Å². The summed E-state index contributed by atoms with van der Waals surface area (Å²) in [6.45, 7) is -0.0227. The molecule has 96 valence electrons. The molecule has 1 aromatic carbocycles. The van der Waals surface area contributed by atoms with Gasteiger partial charge < -0.3 is 11.1 Å². The van der Waals surface area contributed by atoms with Crippen LogP contribution in [-0.2, 0) is 11.3 Å². The van der Waals surface area contributed by atoms with Crippen LogP contribution in [0.15, 0.2) is 29.0 Å². The summed E-state index contributed by atoms with van der Waals surface area (Å²) in [5.74, 6) is -0.210. The lowest BCUT2D eigenvalue weighted by Gasteiger charge is -2.07. The zero-order valence-corrected chi connectivity index (χ0v) is 11.3. The van der Waals surface area contributed by atoms with E-state index >= 15 is 0 Å². The molecule has 19 heavy (non-hydrogen) atoms. The third kappa shape index (κ3) is 3.29. The largest absolute Gasteiger partial charge is 0.367 e. The molecule has 0 radical (unpaired) electrons. The predicted octanol–water partition coefficient (Wildman–Crippen LogP) is 1.13. The fraction of sp³-hybridized carbons (Fsp3) is 0.0909. The van der Waals surface area contributed by atoms with Crippen molar-refractivity contribution in [2.45, 2.75) is 6.54 Å². The molecule has 2 aromatic rings. The quantitative estimate of drug-likeness (QED) is 0.881. The van der Waals surface area contributed by atoms with E-state index in [1.54, 1.807) is 18.2 Å². The number of benzene rings is 1. The van der Waals surface area contributed by atoms with E-state index in [9.17, 15) is 4.79 Å². The van der Waals surface area contributed by atoms with Crippen LogP contribution in [0.2, 0.25) is 0 Å². The number of nitriles is 1. The van der Waals surface area contributed by atoms with Gasteiger partial charge in [-0.3, -0.25) is 4.79 Å². The molecule has 7 nitrogen and oxygen atoms in total. The highest BCUT2D eigenvalue weighted by Crippen LogP contribution is 2.20. The molecular weight excluding hydrogens is 312 g/mol. The summed E-state index contributed by atoms with van der Waals surface area (Å²) in [7, 11) is 0. The van der Waals surface area contributed by atoms with Crippen molar-refractivity contribution < 1.29 is 4.79 Å². The van der Waals surface area contributed by atoms with Gasteiger partial charge in [0.1, 0.15) is 18.9 Å². The average Bonchev–Trinajstić information content (AvgIpc) is 2.76. The summed E-state index contributed by atoms with van der Waals surface area (Å²) in [6.07, 6.45) is 1.36. The fourth-order valence-electron chi connectivity index (χ4n) is 1.44. The number of hydrogen-bond donors (Lipinski definition) is 2. The van der Waals surface area contributed by atoms with E-state index in [4.69, 9.17) is 11.0 Å². The van der Waals surface area contributed by atoms with E-state index in [2.05, 4.69) is 31.3 Å². The molecule has 0 aliphatic heterocycles. The molecule has 0 aliphatic rings. The number of carbonyl (C=O) groups excluding carboxylic acids is 1. The Hall–Kier alpha value is -2.40. The zero-order chi connectivity index (χ0) is 13.8. The number of aromatic nitrogens is 3. The first-order valence-electron chi connectivity index (χ1n) is 5.23. The Bertz CT molecular complexity index is 659. The van der Waals surface area contributed by atoms with E-state index in [1.807, 2.05) is 6.07 Å². The van der Waals surface area contributed by atoms with Crippen LogP contribution < -0.4 is 11.1 Å². The number of halogens is 1. The molecule has 0 unspecified atom stereocenters. The van der Waals surface area contributed by atoms with Crippen molar-refractivity contribution in [1.82, 2.24) is 14.8 Å². The Morgan fingerprint density at radius 2 is 2.37 bits per heavy atom. The maximum Gasteiger partial charge on any atom is 0.246 e. The highest BCUT2D eigenvalue weighted by Gasteiger charge is 2.09. The van der Waals surface area contributed by atoms with Gasteiger partial charge in [0.15, 0.2) is 0 Å². The first-order chi connectivity index (χ1) is 9.08. The lowest BCUT2D eigenvalue weighted by atomic mass is 10.2. The minimum Gasteiger partial charge on any atom is -0.367 e. The molecular formula is C11H9BrN6O. The van der Waals surface area contributed by atoms with Crippen LogP contribution in [0.5, 0.6) is 0 Å². The average molecular weight is 321 g/mol. The molecule has 0 spiro atoms. The number of hydrogen-bond acceptors (Lipinski definition) is 5. The number of nitrogens with two attached hydrogens (primary N) is 1. The summed E-state index contributed by atoms with van der Waals surface area (Å²) in [5.41, 5.74) is 6.17. The highest BCUT2D eigenvalue weighted by atomic mass is 79.9. The summed E-state index contributed by atoms with van der Waals surface area (Å²) < 4.78 is 2.08. The number of amides is 1. The number of nitrogens with zero attached hydrogens (tertiary/aromatic N) is 4. The monoisotopic (exact) mass is 320 g/mol. The predicted molar refractivity (Wildman–Crippen MR) is 71.9 cm³/mol. The van der Waals surface area contributed by atoms with Crippen molar-refractivity contribution in [1.29, 1.82) is 5.26 Å². The summed E-state index contributed by atoms with van der Waals surface area (Å²) in [4.78, 5) is 15.5. The van der Waals surface area contributed by atoms with E-state index in [-0.39, 0.29) is 18.4 Å². The first kappa shape index (κ1) is 13.0. The third-order valence-corrected chi connectivity index (χ3v) is 2.73. The maximum absolute atomic E-state index is 11.8. The normalized spacial score (nSPS) is 9.89. The summed E-state index contributed by atoms with van der Waals surface area (Å²) >= 11 is 3.26.